The fraction of sp³-hybridized carbons (Fsp3) is 0.300. The molecule has 0 heterocycles. The summed E-state index contributed by atoms with van der Waals surface area (Å²) in [4.78, 5) is 11.1. The second-order valence-corrected chi connectivity index (χ2v) is 3.79. The van der Waals surface area contributed by atoms with E-state index in [2.05, 4.69) is 21.2 Å². The number of amides is 1. The van der Waals surface area contributed by atoms with Gasteiger partial charge >= 0.3 is 0 Å². The molecule has 1 aromatic carbocycles. The zero-order chi connectivity index (χ0) is 11.3. The number of carbonyl (C=O) groups is 1. The number of carbonyl (C=O) groups excluding carboxylic acids is 1. The number of benzene rings is 1. The molecule has 0 atom stereocenters. The summed E-state index contributed by atoms with van der Waals surface area (Å²) in [6.07, 6.45) is 0. The highest BCUT2D eigenvalue weighted by Crippen LogP contribution is 2.26. The van der Waals surface area contributed by atoms with Gasteiger partial charge in [0.05, 0.1) is 4.47 Å². The van der Waals surface area contributed by atoms with Crippen LogP contribution in [0.25, 0.3) is 0 Å². The van der Waals surface area contributed by atoms with E-state index in [1.807, 2.05) is 6.92 Å². The van der Waals surface area contributed by atoms with Crippen LogP contribution < -0.4 is 15.8 Å². The fourth-order valence-corrected chi connectivity index (χ4v) is 1.38. The van der Waals surface area contributed by atoms with E-state index in [1.54, 1.807) is 18.2 Å². The normalized spacial score (nSPS) is 9.73. The Kier molecular flexibility index (Phi) is 4.42. The monoisotopic (exact) mass is 272 g/mol. The van der Waals surface area contributed by atoms with Gasteiger partial charge in [0.1, 0.15) is 5.75 Å². The zero-order valence-electron chi connectivity index (χ0n) is 8.42. The number of likely N-dealkylation sites (N-methyl/N-ethyl adjacent to an activating group) is 1. The molecule has 0 radical (unpaired) electrons. The number of halogens is 1. The number of hydrogen-bond donors (Lipinski definition) is 2. The molecule has 0 unspecified atom stereocenters. The highest BCUT2D eigenvalue weighted by Gasteiger charge is 2.04. The Hall–Kier alpha value is -1.23. The van der Waals surface area contributed by atoms with E-state index in [0.717, 1.165) is 4.47 Å². The van der Waals surface area contributed by atoms with Gasteiger partial charge in [0.25, 0.3) is 5.91 Å². The van der Waals surface area contributed by atoms with Crippen LogP contribution >= 0.6 is 15.9 Å². The molecule has 15 heavy (non-hydrogen) atoms. The van der Waals surface area contributed by atoms with Crippen molar-refractivity contribution >= 4 is 27.5 Å². The topological polar surface area (TPSA) is 64.3 Å². The van der Waals surface area contributed by atoms with Crippen LogP contribution in [0.5, 0.6) is 5.75 Å². The number of anilines is 1. The third-order valence-corrected chi connectivity index (χ3v) is 2.34. The minimum Gasteiger partial charge on any atom is -0.483 e. The second kappa shape index (κ2) is 5.60. The lowest BCUT2D eigenvalue weighted by Gasteiger charge is -2.08. The van der Waals surface area contributed by atoms with E-state index in [1.165, 1.54) is 0 Å². The Morgan fingerprint density at radius 2 is 2.33 bits per heavy atom. The van der Waals surface area contributed by atoms with Gasteiger partial charge in [-0.05, 0) is 35.0 Å². The number of nitrogen functional groups attached to an aromatic ring is 1. The van der Waals surface area contributed by atoms with Crippen LogP contribution in [0.4, 0.5) is 5.69 Å². The molecule has 0 bridgehead atoms. The molecule has 0 saturated carbocycles. The van der Waals surface area contributed by atoms with Crippen LogP contribution in [0.2, 0.25) is 0 Å². The first-order valence-corrected chi connectivity index (χ1v) is 5.37. The molecule has 0 aliphatic carbocycles. The molecule has 0 aromatic heterocycles. The predicted octanol–water partition coefficient (Wildman–Crippen LogP) is 1.55. The average Bonchev–Trinajstić information content (AvgIpc) is 2.20. The van der Waals surface area contributed by atoms with Gasteiger partial charge in [0.2, 0.25) is 0 Å². The SMILES string of the molecule is CCNC(=O)COc1cc(N)ccc1Br. The maximum absolute atomic E-state index is 11.1. The van der Waals surface area contributed by atoms with E-state index < -0.39 is 0 Å². The Labute approximate surface area is 96.9 Å². The molecule has 0 fully saturated rings. The fourth-order valence-electron chi connectivity index (χ4n) is 1.02. The van der Waals surface area contributed by atoms with Crippen LogP contribution in [0.1, 0.15) is 6.92 Å². The molecule has 1 rings (SSSR count). The first-order chi connectivity index (χ1) is 7.13. The molecule has 82 valence electrons. The molecule has 5 heteroatoms. The Bertz CT molecular complexity index is 355. The second-order valence-electron chi connectivity index (χ2n) is 2.93. The van der Waals surface area contributed by atoms with Crippen LogP contribution in [0.15, 0.2) is 22.7 Å². The molecule has 4 nitrogen and oxygen atoms in total. The third kappa shape index (κ3) is 3.79. The molecule has 0 spiro atoms. The van der Waals surface area contributed by atoms with E-state index in [-0.39, 0.29) is 12.5 Å². The summed E-state index contributed by atoms with van der Waals surface area (Å²) in [5.41, 5.74) is 6.19. The summed E-state index contributed by atoms with van der Waals surface area (Å²) in [5, 5.41) is 2.64. The Morgan fingerprint density at radius 3 is 3.00 bits per heavy atom. The molecule has 0 aliphatic heterocycles. The highest BCUT2D eigenvalue weighted by molar-refractivity contribution is 9.10. The summed E-state index contributed by atoms with van der Waals surface area (Å²) in [7, 11) is 0. The van der Waals surface area contributed by atoms with E-state index in [4.69, 9.17) is 10.5 Å². The molecule has 1 aromatic rings. The first kappa shape index (κ1) is 11.8. The van der Waals surface area contributed by atoms with Crippen molar-refractivity contribution in [2.75, 3.05) is 18.9 Å². The van der Waals surface area contributed by atoms with Crippen LogP contribution in [0.3, 0.4) is 0 Å². The van der Waals surface area contributed by atoms with Crippen LogP contribution in [0, 0.1) is 0 Å². The van der Waals surface area contributed by atoms with Crippen molar-refractivity contribution in [3.05, 3.63) is 22.7 Å². The highest BCUT2D eigenvalue weighted by atomic mass is 79.9. The average molecular weight is 273 g/mol. The minimum absolute atomic E-state index is 0.00407. The van der Waals surface area contributed by atoms with Gasteiger partial charge in [-0.1, -0.05) is 0 Å². The lowest BCUT2D eigenvalue weighted by molar-refractivity contribution is -0.122. The van der Waals surface area contributed by atoms with Crippen LogP contribution in [-0.4, -0.2) is 19.1 Å². The standard InChI is InChI=1S/C10H13BrN2O2/c1-2-13-10(14)6-15-9-5-7(12)3-4-8(9)11/h3-5H,2,6,12H2,1H3,(H,13,14). The molecular formula is C10H13BrN2O2. The van der Waals surface area contributed by atoms with Crippen molar-refractivity contribution in [2.24, 2.45) is 0 Å². The number of ether oxygens (including phenoxy) is 1. The summed E-state index contributed by atoms with van der Waals surface area (Å²) in [6.45, 7) is 2.45. The summed E-state index contributed by atoms with van der Waals surface area (Å²) in [6, 6.07) is 5.20. The molecule has 0 aliphatic rings. The maximum Gasteiger partial charge on any atom is 0.257 e. The third-order valence-electron chi connectivity index (χ3n) is 1.69. The quantitative estimate of drug-likeness (QED) is 0.818. The molecule has 3 N–H and O–H groups in total. The molecular weight excluding hydrogens is 260 g/mol. The maximum atomic E-state index is 11.1. The smallest absolute Gasteiger partial charge is 0.257 e. The summed E-state index contributed by atoms with van der Waals surface area (Å²) in [5.74, 6) is 0.424. The number of nitrogens with two attached hydrogens (primary N) is 1. The van der Waals surface area contributed by atoms with Crippen molar-refractivity contribution in [3.63, 3.8) is 0 Å². The van der Waals surface area contributed by atoms with Gasteiger partial charge in [-0.3, -0.25) is 4.79 Å². The lowest BCUT2D eigenvalue weighted by Crippen LogP contribution is -2.28. The largest absolute Gasteiger partial charge is 0.483 e. The number of rotatable bonds is 4. The van der Waals surface area contributed by atoms with Crippen LogP contribution in [-0.2, 0) is 4.79 Å². The summed E-state index contributed by atoms with van der Waals surface area (Å²) >= 11 is 3.31. The predicted molar refractivity (Wildman–Crippen MR) is 62.7 cm³/mol. The summed E-state index contributed by atoms with van der Waals surface area (Å²) < 4.78 is 6.07. The lowest BCUT2D eigenvalue weighted by atomic mass is 10.3. The van der Waals surface area contributed by atoms with Gasteiger partial charge in [-0.25, -0.2) is 0 Å². The van der Waals surface area contributed by atoms with Gasteiger partial charge in [0.15, 0.2) is 6.61 Å². The van der Waals surface area contributed by atoms with E-state index in [9.17, 15) is 4.79 Å². The van der Waals surface area contributed by atoms with E-state index >= 15 is 0 Å². The van der Waals surface area contributed by atoms with Gasteiger partial charge in [-0.2, -0.15) is 0 Å². The molecule has 1 amide bonds. The van der Waals surface area contributed by atoms with Crippen molar-refractivity contribution in [3.8, 4) is 5.75 Å². The Morgan fingerprint density at radius 1 is 1.60 bits per heavy atom. The molecule has 0 saturated heterocycles. The number of hydrogen-bond acceptors (Lipinski definition) is 3. The minimum atomic E-state index is -0.146. The van der Waals surface area contributed by atoms with Crippen molar-refractivity contribution < 1.29 is 9.53 Å². The van der Waals surface area contributed by atoms with Gasteiger partial charge in [-0.15, -0.1) is 0 Å². The van der Waals surface area contributed by atoms with Crippen molar-refractivity contribution in [1.29, 1.82) is 0 Å². The van der Waals surface area contributed by atoms with E-state index in [0.29, 0.717) is 18.0 Å². The van der Waals surface area contributed by atoms with Crippen molar-refractivity contribution in [1.82, 2.24) is 5.32 Å². The van der Waals surface area contributed by atoms with Gasteiger partial charge < -0.3 is 15.8 Å². The van der Waals surface area contributed by atoms with Gasteiger partial charge in [0, 0.05) is 18.3 Å². The van der Waals surface area contributed by atoms with Crippen molar-refractivity contribution in [2.45, 2.75) is 6.92 Å². The number of nitrogens with one attached hydrogen (secondary N) is 1. The first-order valence-electron chi connectivity index (χ1n) is 4.58. The Balaban J connectivity index is 2.57. The zero-order valence-corrected chi connectivity index (χ0v) is 10.0.